The van der Waals surface area contributed by atoms with E-state index in [1.807, 2.05) is 24.3 Å². The van der Waals surface area contributed by atoms with Crippen molar-refractivity contribution in [3.63, 3.8) is 0 Å². The summed E-state index contributed by atoms with van der Waals surface area (Å²) in [5.41, 5.74) is 1.37. The van der Waals surface area contributed by atoms with E-state index in [0.29, 0.717) is 11.5 Å². The Labute approximate surface area is 111 Å². The van der Waals surface area contributed by atoms with Crippen molar-refractivity contribution in [2.45, 2.75) is 19.8 Å². The fourth-order valence-electron chi connectivity index (χ4n) is 1.74. The number of aryl methyl sites for hydroxylation is 1. The Morgan fingerprint density at radius 3 is 2.58 bits per heavy atom. The van der Waals surface area contributed by atoms with Crippen LogP contribution in [0.3, 0.4) is 0 Å². The predicted octanol–water partition coefficient (Wildman–Crippen LogP) is 3.52. The highest BCUT2D eigenvalue weighted by Gasteiger charge is 2.05. The highest BCUT2D eigenvalue weighted by Crippen LogP contribution is 2.22. The van der Waals surface area contributed by atoms with Gasteiger partial charge in [0.1, 0.15) is 11.5 Å². The van der Waals surface area contributed by atoms with Crippen LogP contribution in [-0.4, -0.2) is 16.1 Å². The van der Waals surface area contributed by atoms with Crippen LogP contribution in [0.2, 0.25) is 0 Å². The fourth-order valence-corrected chi connectivity index (χ4v) is 1.74. The van der Waals surface area contributed by atoms with E-state index in [9.17, 15) is 4.79 Å². The zero-order valence-corrected chi connectivity index (χ0v) is 10.7. The molecular weight excluding hydrogens is 242 g/mol. The zero-order chi connectivity index (χ0) is 13.7. The lowest BCUT2D eigenvalue weighted by molar-refractivity contribution is 0.0696. The van der Waals surface area contributed by atoms with Gasteiger partial charge in [0.25, 0.3) is 0 Å². The number of nitrogens with zero attached hydrogens (tertiary/aromatic N) is 1. The number of aromatic carboxylic acids is 1. The van der Waals surface area contributed by atoms with Crippen molar-refractivity contribution in [2.75, 3.05) is 0 Å². The maximum Gasteiger partial charge on any atom is 0.337 e. The van der Waals surface area contributed by atoms with Crippen LogP contribution in [0.4, 0.5) is 0 Å². The van der Waals surface area contributed by atoms with Crippen molar-refractivity contribution < 1.29 is 14.6 Å². The van der Waals surface area contributed by atoms with Gasteiger partial charge in [0.15, 0.2) is 0 Å². The van der Waals surface area contributed by atoms with E-state index in [-0.39, 0.29) is 5.56 Å². The fraction of sp³-hybridized carbons (Fsp3) is 0.200. The molecule has 0 atom stereocenters. The number of benzene rings is 1. The van der Waals surface area contributed by atoms with E-state index in [2.05, 4.69) is 11.9 Å². The molecule has 4 nitrogen and oxygen atoms in total. The van der Waals surface area contributed by atoms with Crippen molar-refractivity contribution in [2.24, 2.45) is 0 Å². The van der Waals surface area contributed by atoms with Crippen molar-refractivity contribution in [1.29, 1.82) is 0 Å². The van der Waals surface area contributed by atoms with Gasteiger partial charge in [0, 0.05) is 6.20 Å². The lowest BCUT2D eigenvalue weighted by Crippen LogP contribution is -1.97. The van der Waals surface area contributed by atoms with Crippen LogP contribution < -0.4 is 4.74 Å². The van der Waals surface area contributed by atoms with E-state index in [1.165, 1.54) is 24.0 Å². The third kappa shape index (κ3) is 3.55. The summed E-state index contributed by atoms with van der Waals surface area (Å²) in [6.45, 7) is 2.13. The number of rotatable bonds is 5. The number of hydrogen-bond donors (Lipinski definition) is 1. The summed E-state index contributed by atoms with van der Waals surface area (Å²) in [6.07, 6.45) is 4.92. The summed E-state index contributed by atoms with van der Waals surface area (Å²) in [5, 5.41) is 8.88. The molecule has 2 rings (SSSR count). The molecule has 0 aliphatic heterocycles. The molecule has 0 spiro atoms. The van der Waals surface area contributed by atoms with Gasteiger partial charge < -0.3 is 9.84 Å². The number of ether oxygens (including phenoxy) is 1. The number of hydrogen-bond acceptors (Lipinski definition) is 3. The largest absolute Gasteiger partial charge is 0.478 e. The van der Waals surface area contributed by atoms with Crippen molar-refractivity contribution in [3.8, 4) is 11.5 Å². The first-order valence-electron chi connectivity index (χ1n) is 6.14. The number of carbonyl (C=O) groups is 1. The Morgan fingerprint density at radius 2 is 1.95 bits per heavy atom. The Balaban J connectivity index is 2.12. The summed E-state index contributed by atoms with van der Waals surface area (Å²) in [4.78, 5) is 14.7. The zero-order valence-electron chi connectivity index (χ0n) is 10.7. The van der Waals surface area contributed by atoms with Crippen LogP contribution in [0.25, 0.3) is 0 Å². The minimum absolute atomic E-state index is 0.111. The van der Waals surface area contributed by atoms with Gasteiger partial charge >= 0.3 is 5.97 Å². The summed E-state index contributed by atoms with van der Waals surface area (Å²) >= 11 is 0. The Kier molecular flexibility index (Phi) is 4.13. The molecule has 1 aromatic heterocycles. The predicted molar refractivity (Wildman–Crippen MR) is 71.7 cm³/mol. The second-order valence-electron chi connectivity index (χ2n) is 4.21. The maximum atomic E-state index is 10.8. The van der Waals surface area contributed by atoms with Gasteiger partial charge in [-0.1, -0.05) is 25.5 Å². The molecule has 2 aromatic rings. The van der Waals surface area contributed by atoms with Crippen LogP contribution in [0.1, 0.15) is 29.3 Å². The van der Waals surface area contributed by atoms with E-state index in [4.69, 9.17) is 9.84 Å². The molecule has 0 fully saturated rings. The molecule has 0 saturated heterocycles. The van der Waals surface area contributed by atoms with Crippen LogP contribution in [-0.2, 0) is 6.42 Å². The molecule has 98 valence electrons. The first kappa shape index (κ1) is 13.1. The molecule has 0 amide bonds. The first-order chi connectivity index (χ1) is 9.19. The molecule has 0 aliphatic rings. The maximum absolute atomic E-state index is 10.8. The summed E-state index contributed by atoms with van der Waals surface area (Å²) in [5.74, 6) is 0.0728. The van der Waals surface area contributed by atoms with Gasteiger partial charge in [-0.3, -0.25) is 4.98 Å². The Morgan fingerprint density at radius 1 is 1.21 bits per heavy atom. The molecule has 0 radical (unpaired) electrons. The summed E-state index contributed by atoms with van der Waals surface area (Å²) in [6, 6.07) is 9.22. The molecule has 1 aromatic carbocycles. The van der Waals surface area contributed by atoms with Crippen LogP contribution in [0.15, 0.2) is 42.7 Å². The second kappa shape index (κ2) is 6.00. The molecule has 0 aliphatic carbocycles. The molecule has 0 unspecified atom stereocenters. The normalized spacial score (nSPS) is 10.2. The quantitative estimate of drug-likeness (QED) is 0.890. The molecule has 1 heterocycles. The van der Waals surface area contributed by atoms with E-state index < -0.39 is 5.97 Å². The lowest BCUT2D eigenvalue weighted by atomic mass is 10.1. The van der Waals surface area contributed by atoms with Crippen LogP contribution in [0.5, 0.6) is 11.5 Å². The van der Waals surface area contributed by atoms with Crippen molar-refractivity contribution in [3.05, 3.63) is 53.9 Å². The highest BCUT2D eigenvalue weighted by molar-refractivity contribution is 5.87. The van der Waals surface area contributed by atoms with Gasteiger partial charge in [-0.05, 0) is 30.2 Å². The Bertz CT molecular complexity index is 564. The van der Waals surface area contributed by atoms with Crippen molar-refractivity contribution >= 4 is 5.97 Å². The average Bonchev–Trinajstić information content (AvgIpc) is 2.42. The lowest BCUT2D eigenvalue weighted by Gasteiger charge is -2.06. The smallest absolute Gasteiger partial charge is 0.337 e. The number of pyridine rings is 1. The van der Waals surface area contributed by atoms with Crippen molar-refractivity contribution in [1.82, 2.24) is 4.98 Å². The third-order valence-electron chi connectivity index (χ3n) is 2.66. The van der Waals surface area contributed by atoms with Gasteiger partial charge in [-0.25, -0.2) is 4.79 Å². The minimum atomic E-state index is -1.02. The topological polar surface area (TPSA) is 59.4 Å². The van der Waals surface area contributed by atoms with E-state index in [0.717, 1.165) is 12.8 Å². The third-order valence-corrected chi connectivity index (χ3v) is 2.66. The molecule has 19 heavy (non-hydrogen) atoms. The van der Waals surface area contributed by atoms with Gasteiger partial charge in [0.2, 0.25) is 0 Å². The van der Waals surface area contributed by atoms with E-state index >= 15 is 0 Å². The number of aromatic nitrogens is 1. The second-order valence-corrected chi connectivity index (χ2v) is 4.21. The SMILES string of the molecule is CCCc1ccc(Oc2cncc(C(=O)O)c2)cc1. The van der Waals surface area contributed by atoms with Gasteiger partial charge in [0.05, 0.1) is 11.8 Å². The molecule has 4 heteroatoms. The van der Waals surface area contributed by atoms with Gasteiger partial charge in [-0.15, -0.1) is 0 Å². The average molecular weight is 257 g/mol. The summed E-state index contributed by atoms with van der Waals surface area (Å²) in [7, 11) is 0. The molecule has 1 N–H and O–H groups in total. The molecule has 0 bridgehead atoms. The first-order valence-corrected chi connectivity index (χ1v) is 6.14. The monoisotopic (exact) mass is 257 g/mol. The molecule has 0 saturated carbocycles. The highest BCUT2D eigenvalue weighted by atomic mass is 16.5. The number of carboxylic acid groups (broad SMARTS) is 1. The van der Waals surface area contributed by atoms with Gasteiger partial charge in [-0.2, -0.15) is 0 Å². The summed E-state index contributed by atoms with van der Waals surface area (Å²) < 4.78 is 5.58. The standard InChI is InChI=1S/C15H15NO3/c1-2-3-11-4-6-13(7-5-11)19-14-8-12(15(17)18)9-16-10-14/h4-10H,2-3H2,1H3,(H,17,18). The van der Waals surface area contributed by atoms with Crippen LogP contribution in [0, 0.1) is 0 Å². The van der Waals surface area contributed by atoms with E-state index in [1.54, 1.807) is 0 Å². The number of carboxylic acids is 1. The minimum Gasteiger partial charge on any atom is -0.478 e. The Hall–Kier alpha value is -2.36. The molecular formula is C15H15NO3. The van der Waals surface area contributed by atoms with Crippen LogP contribution >= 0.6 is 0 Å².